The number of halogens is 2. The molecule has 3 aromatic rings. The first-order valence-electron chi connectivity index (χ1n) is 12.1. The van der Waals surface area contributed by atoms with Gasteiger partial charge in [-0.15, -0.1) is 0 Å². The number of hydrogen-bond donors (Lipinski definition) is 1. The molecule has 10 heteroatoms. The molecule has 4 rings (SSSR count). The molecule has 1 N–H and O–H groups in total. The molecular weight excluding hydrogens is 679 g/mol. The number of ether oxygens (including phenoxy) is 2. The Labute approximate surface area is 247 Å². The standard InChI is InChI=1S/C29H24BrIN2O6/c1-3-38-25-15-17(14-24(31)21(25)16-19-7-5-6-8-23(19)30)13-22-26(34)32-29(37)33(27(22)35)20-11-9-18(10-12-20)28(36)39-4-2/h5-15H,3-4,16H2,1-2H3,(H,32,34,37)/b22-13+. The lowest BCUT2D eigenvalue weighted by Crippen LogP contribution is -2.54. The number of anilines is 1. The molecule has 0 atom stereocenters. The fourth-order valence-electron chi connectivity index (χ4n) is 4.02. The van der Waals surface area contributed by atoms with Crippen LogP contribution in [-0.4, -0.2) is 37.0 Å². The van der Waals surface area contributed by atoms with Gasteiger partial charge in [-0.2, -0.15) is 0 Å². The quantitative estimate of drug-likeness (QED) is 0.136. The molecule has 0 radical (unpaired) electrons. The van der Waals surface area contributed by atoms with Gasteiger partial charge in [0.1, 0.15) is 11.3 Å². The Morgan fingerprint density at radius 1 is 1.03 bits per heavy atom. The van der Waals surface area contributed by atoms with Crippen molar-refractivity contribution < 1.29 is 28.7 Å². The highest BCUT2D eigenvalue weighted by Gasteiger charge is 2.37. The number of nitrogens with one attached hydrogen (secondary N) is 1. The highest BCUT2D eigenvalue weighted by molar-refractivity contribution is 14.1. The molecule has 0 spiro atoms. The average Bonchev–Trinajstić information content (AvgIpc) is 2.90. The predicted octanol–water partition coefficient (Wildman–Crippen LogP) is 5.89. The predicted molar refractivity (Wildman–Crippen MR) is 159 cm³/mol. The van der Waals surface area contributed by atoms with Crippen LogP contribution in [0.4, 0.5) is 10.5 Å². The van der Waals surface area contributed by atoms with Crippen molar-refractivity contribution in [2.45, 2.75) is 20.3 Å². The van der Waals surface area contributed by atoms with Crippen molar-refractivity contribution in [3.8, 4) is 5.75 Å². The van der Waals surface area contributed by atoms with E-state index in [1.165, 1.54) is 30.3 Å². The third-order valence-electron chi connectivity index (χ3n) is 5.85. The number of carbonyl (C=O) groups is 4. The topological polar surface area (TPSA) is 102 Å². The average molecular weight is 703 g/mol. The first kappa shape index (κ1) is 28.5. The number of carbonyl (C=O) groups excluding carboxylic acids is 4. The van der Waals surface area contributed by atoms with Crippen molar-refractivity contribution >= 4 is 74.1 Å². The summed E-state index contributed by atoms with van der Waals surface area (Å²) in [6.07, 6.45) is 2.06. The Morgan fingerprint density at radius 2 is 1.74 bits per heavy atom. The molecule has 39 heavy (non-hydrogen) atoms. The number of hydrogen-bond acceptors (Lipinski definition) is 6. The third-order valence-corrected chi connectivity index (χ3v) is 7.59. The first-order chi connectivity index (χ1) is 18.7. The Morgan fingerprint density at radius 3 is 2.41 bits per heavy atom. The molecule has 0 aliphatic carbocycles. The Balaban J connectivity index is 1.67. The molecule has 8 nitrogen and oxygen atoms in total. The van der Waals surface area contributed by atoms with Crippen LogP contribution in [0.1, 0.15) is 40.9 Å². The van der Waals surface area contributed by atoms with Gasteiger partial charge in [-0.3, -0.25) is 14.9 Å². The summed E-state index contributed by atoms with van der Waals surface area (Å²) < 4.78 is 12.8. The van der Waals surface area contributed by atoms with Crippen LogP contribution in [0.3, 0.4) is 0 Å². The van der Waals surface area contributed by atoms with E-state index in [0.717, 1.165) is 24.1 Å². The summed E-state index contributed by atoms with van der Waals surface area (Å²) in [6.45, 7) is 4.23. The highest BCUT2D eigenvalue weighted by Crippen LogP contribution is 2.32. The number of urea groups is 1. The van der Waals surface area contributed by atoms with E-state index in [0.29, 0.717) is 24.3 Å². The van der Waals surface area contributed by atoms with E-state index in [-0.39, 0.29) is 23.4 Å². The second kappa shape index (κ2) is 12.6. The Kier molecular flexibility index (Phi) is 9.18. The molecule has 1 fully saturated rings. The summed E-state index contributed by atoms with van der Waals surface area (Å²) in [5.41, 5.74) is 2.91. The lowest BCUT2D eigenvalue weighted by molar-refractivity contribution is -0.122. The molecule has 0 saturated carbocycles. The zero-order valence-corrected chi connectivity index (χ0v) is 24.9. The minimum atomic E-state index is -0.876. The van der Waals surface area contributed by atoms with Crippen molar-refractivity contribution in [2.75, 3.05) is 18.1 Å². The molecule has 1 aliphatic heterocycles. The van der Waals surface area contributed by atoms with Crippen molar-refractivity contribution in [1.29, 1.82) is 0 Å². The zero-order chi connectivity index (χ0) is 28.1. The molecule has 200 valence electrons. The van der Waals surface area contributed by atoms with Crippen LogP contribution >= 0.6 is 38.5 Å². The van der Waals surface area contributed by atoms with Crippen LogP contribution in [0.2, 0.25) is 0 Å². The van der Waals surface area contributed by atoms with Gasteiger partial charge in [-0.05, 0) is 96.1 Å². The van der Waals surface area contributed by atoms with Crippen molar-refractivity contribution in [1.82, 2.24) is 5.32 Å². The maximum absolute atomic E-state index is 13.4. The third kappa shape index (κ3) is 6.39. The van der Waals surface area contributed by atoms with Gasteiger partial charge in [-0.1, -0.05) is 34.1 Å². The van der Waals surface area contributed by atoms with Gasteiger partial charge in [0, 0.05) is 20.0 Å². The highest BCUT2D eigenvalue weighted by atomic mass is 127. The van der Waals surface area contributed by atoms with Crippen LogP contribution in [0.15, 0.2) is 70.7 Å². The lowest BCUT2D eigenvalue weighted by atomic mass is 10.0. The SMILES string of the molecule is CCOC(=O)c1ccc(N2C(=O)NC(=O)/C(=C\c3cc(I)c(Cc4ccccc4Br)c(OCC)c3)C2=O)cc1. The Hall–Kier alpha value is -3.51. The molecule has 1 heterocycles. The van der Waals surface area contributed by atoms with Crippen molar-refractivity contribution in [2.24, 2.45) is 0 Å². The monoisotopic (exact) mass is 702 g/mol. The van der Waals surface area contributed by atoms with E-state index in [4.69, 9.17) is 9.47 Å². The largest absolute Gasteiger partial charge is 0.494 e. The minimum Gasteiger partial charge on any atom is -0.494 e. The second-order valence-electron chi connectivity index (χ2n) is 8.41. The summed E-state index contributed by atoms with van der Waals surface area (Å²) in [4.78, 5) is 51.5. The number of nitrogens with zero attached hydrogens (tertiary/aromatic N) is 1. The molecule has 0 aromatic heterocycles. The molecule has 3 aromatic carbocycles. The lowest BCUT2D eigenvalue weighted by Gasteiger charge is -2.26. The van der Waals surface area contributed by atoms with Crippen LogP contribution in [0.25, 0.3) is 6.08 Å². The summed E-state index contributed by atoms with van der Waals surface area (Å²) in [7, 11) is 0. The van der Waals surface area contributed by atoms with Gasteiger partial charge >= 0.3 is 12.0 Å². The van der Waals surface area contributed by atoms with E-state index in [2.05, 4.69) is 43.8 Å². The van der Waals surface area contributed by atoms with E-state index < -0.39 is 23.8 Å². The van der Waals surface area contributed by atoms with Crippen LogP contribution in [0.5, 0.6) is 5.75 Å². The molecule has 4 amide bonds. The molecule has 0 unspecified atom stereocenters. The van der Waals surface area contributed by atoms with Crippen LogP contribution in [0, 0.1) is 3.57 Å². The number of amides is 4. The van der Waals surface area contributed by atoms with Crippen LogP contribution in [-0.2, 0) is 20.7 Å². The van der Waals surface area contributed by atoms with E-state index in [1.54, 1.807) is 13.0 Å². The van der Waals surface area contributed by atoms with Crippen LogP contribution < -0.4 is 15.0 Å². The van der Waals surface area contributed by atoms with Crippen molar-refractivity contribution in [3.63, 3.8) is 0 Å². The zero-order valence-electron chi connectivity index (χ0n) is 21.1. The second-order valence-corrected chi connectivity index (χ2v) is 10.4. The smallest absolute Gasteiger partial charge is 0.338 e. The van der Waals surface area contributed by atoms with Gasteiger partial charge in [-0.25, -0.2) is 14.5 Å². The van der Waals surface area contributed by atoms with E-state index in [9.17, 15) is 19.2 Å². The molecule has 1 saturated heterocycles. The van der Waals surface area contributed by atoms with Gasteiger partial charge in [0.15, 0.2) is 0 Å². The Bertz CT molecular complexity index is 1490. The van der Waals surface area contributed by atoms with Gasteiger partial charge in [0.05, 0.1) is 24.5 Å². The number of rotatable bonds is 8. The van der Waals surface area contributed by atoms with E-state index >= 15 is 0 Å². The maximum atomic E-state index is 13.4. The summed E-state index contributed by atoms with van der Waals surface area (Å²) >= 11 is 5.81. The maximum Gasteiger partial charge on any atom is 0.338 e. The fourth-order valence-corrected chi connectivity index (χ4v) is 5.26. The summed E-state index contributed by atoms with van der Waals surface area (Å²) in [5, 5.41) is 2.22. The number of benzene rings is 3. The number of imide groups is 2. The normalized spacial score (nSPS) is 14.4. The minimum absolute atomic E-state index is 0.206. The summed E-state index contributed by atoms with van der Waals surface area (Å²) in [6, 6.07) is 16.5. The number of barbiturate groups is 1. The summed E-state index contributed by atoms with van der Waals surface area (Å²) in [5.74, 6) is -1.46. The van der Waals surface area contributed by atoms with Crippen molar-refractivity contribution in [3.05, 3.63) is 96.5 Å². The first-order valence-corrected chi connectivity index (χ1v) is 14.0. The molecule has 0 bridgehead atoms. The molecular formula is C29H24BrIN2O6. The van der Waals surface area contributed by atoms with Gasteiger partial charge in [0.2, 0.25) is 0 Å². The fraction of sp³-hybridized carbons (Fsp3) is 0.172. The number of esters is 1. The van der Waals surface area contributed by atoms with Gasteiger partial charge < -0.3 is 9.47 Å². The molecule has 1 aliphatic rings. The van der Waals surface area contributed by atoms with Gasteiger partial charge in [0.25, 0.3) is 11.8 Å². The van der Waals surface area contributed by atoms with E-state index in [1.807, 2.05) is 37.3 Å².